The highest BCUT2D eigenvalue weighted by Gasteiger charge is 2.20. The molecule has 2 atom stereocenters. The van der Waals surface area contributed by atoms with E-state index in [4.69, 9.17) is 5.73 Å². The third-order valence-electron chi connectivity index (χ3n) is 3.93. The standard InChI is InChI=1S/C15H22N2O/c1-3-10(2)14(16)15(18)17-13-8-7-11-5-4-6-12(11)9-13/h7-10,14H,3-6,16H2,1-2H3,(H,17,18). The molecule has 3 N–H and O–H groups in total. The molecule has 0 bridgehead atoms. The number of nitrogens with two attached hydrogens (primary N) is 1. The number of hydrogen-bond donors (Lipinski definition) is 2. The van der Waals surface area contributed by atoms with E-state index in [9.17, 15) is 4.79 Å². The van der Waals surface area contributed by atoms with E-state index in [1.54, 1.807) is 0 Å². The Bertz CT molecular complexity index is 442. The topological polar surface area (TPSA) is 55.1 Å². The Labute approximate surface area is 109 Å². The molecule has 0 saturated carbocycles. The number of amides is 1. The molecule has 3 heteroatoms. The number of carbonyl (C=O) groups excluding carboxylic acids is 1. The monoisotopic (exact) mass is 246 g/mol. The Kier molecular flexibility index (Phi) is 4.02. The van der Waals surface area contributed by atoms with E-state index in [2.05, 4.69) is 17.4 Å². The van der Waals surface area contributed by atoms with Crippen LogP contribution in [0.3, 0.4) is 0 Å². The maximum Gasteiger partial charge on any atom is 0.241 e. The molecule has 1 aliphatic carbocycles. The lowest BCUT2D eigenvalue weighted by Crippen LogP contribution is -2.40. The summed E-state index contributed by atoms with van der Waals surface area (Å²) in [5, 5.41) is 2.92. The van der Waals surface area contributed by atoms with Gasteiger partial charge in [0.1, 0.15) is 0 Å². The Morgan fingerprint density at radius 3 is 2.83 bits per heavy atom. The lowest BCUT2D eigenvalue weighted by molar-refractivity contribution is -0.118. The predicted octanol–water partition coefficient (Wildman–Crippen LogP) is 2.49. The molecule has 3 nitrogen and oxygen atoms in total. The first-order valence-corrected chi connectivity index (χ1v) is 6.80. The summed E-state index contributed by atoms with van der Waals surface area (Å²) in [6.45, 7) is 4.06. The second kappa shape index (κ2) is 5.53. The van der Waals surface area contributed by atoms with Gasteiger partial charge in [-0.15, -0.1) is 0 Å². The van der Waals surface area contributed by atoms with Gasteiger partial charge in [0.25, 0.3) is 0 Å². The molecule has 1 aromatic rings. The molecule has 0 spiro atoms. The fraction of sp³-hybridized carbons (Fsp3) is 0.533. The summed E-state index contributed by atoms with van der Waals surface area (Å²) in [7, 11) is 0. The number of carbonyl (C=O) groups is 1. The van der Waals surface area contributed by atoms with Gasteiger partial charge in [-0.05, 0) is 48.4 Å². The Hall–Kier alpha value is -1.35. The van der Waals surface area contributed by atoms with Crippen molar-refractivity contribution in [3.05, 3.63) is 29.3 Å². The molecule has 1 aliphatic rings. The fourth-order valence-corrected chi connectivity index (χ4v) is 2.39. The maximum atomic E-state index is 12.0. The Morgan fingerprint density at radius 1 is 1.39 bits per heavy atom. The van der Waals surface area contributed by atoms with E-state index < -0.39 is 6.04 Å². The van der Waals surface area contributed by atoms with Crippen molar-refractivity contribution in [3.8, 4) is 0 Å². The molecule has 0 heterocycles. The molecule has 2 unspecified atom stereocenters. The van der Waals surface area contributed by atoms with Crippen molar-refractivity contribution in [2.45, 2.75) is 45.6 Å². The highest BCUT2D eigenvalue weighted by molar-refractivity contribution is 5.95. The average molecular weight is 246 g/mol. The SMILES string of the molecule is CCC(C)C(N)C(=O)Nc1ccc2c(c1)CCC2. The van der Waals surface area contributed by atoms with E-state index in [0.717, 1.165) is 24.9 Å². The molecule has 0 radical (unpaired) electrons. The number of benzene rings is 1. The first kappa shape index (κ1) is 13.1. The van der Waals surface area contributed by atoms with Crippen LogP contribution in [-0.4, -0.2) is 11.9 Å². The molecular formula is C15H22N2O. The van der Waals surface area contributed by atoms with Crippen molar-refractivity contribution < 1.29 is 4.79 Å². The number of nitrogens with one attached hydrogen (secondary N) is 1. The molecule has 0 fully saturated rings. The molecule has 0 aromatic heterocycles. The van der Waals surface area contributed by atoms with Crippen LogP contribution in [0.15, 0.2) is 18.2 Å². The molecular weight excluding hydrogens is 224 g/mol. The Morgan fingerprint density at radius 2 is 2.11 bits per heavy atom. The lowest BCUT2D eigenvalue weighted by Gasteiger charge is -2.18. The van der Waals surface area contributed by atoms with Gasteiger partial charge in [-0.1, -0.05) is 26.3 Å². The number of hydrogen-bond acceptors (Lipinski definition) is 2. The summed E-state index contributed by atoms with van der Waals surface area (Å²) in [5.41, 5.74) is 9.58. The number of fused-ring (bicyclic) bond motifs is 1. The van der Waals surface area contributed by atoms with Crippen molar-refractivity contribution in [1.82, 2.24) is 0 Å². The van der Waals surface area contributed by atoms with Gasteiger partial charge in [0, 0.05) is 5.69 Å². The highest BCUT2D eigenvalue weighted by atomic mass is 16.2. The van der Waals surface area contributed by atoms with Gasteiger partial charge in [-0.3, -0.25) is 4.79 Å². The van der Waals surface area contributed by atoms with Crippen LogP contribution in [-0.2, 0) is 17.6 Å². The summed E-state index contributed by atoms with van der Waals surface area (Å²) in [6, 6.07) is 5.75. The van der Waals surface area contributed by atoms with Crippen molar-refractivity contribution >= 4 is 11.6 Å². The zero-order valence-electron chi connectivity index (χ0n) is 11.2. The predicted molar refractivity (Wildman–Crippen MR) is 74.5 cm³/mol. The molecule has 0 aliphatic heterocycles. The van der Waals surface area contributed by atoms with E-state index in [1.165, 1.54) is 17.5 Å². The summed E-state index contributed by atoms with van der Waals surface area (Å²) in [6.07, 6.45) is 4.42. The molecule has 2 rings (SSSR count). The quantitative estimate of drug-likeness (QED) is 0.857. The smallest absolute Gasteiger partial charge is 0.241 e. The van der Waals surface area contributed by atoms with Gasteiger partial charge in [-0.2, -0.15) is 0 Å². The largest absolute Gasteiger partial charge is 0.325 e. The molecule has 98 valence electrons. The summed E-state index contributed by atoms with van der Waals surface area (Å²) in [5.74, 6) is 0.127. The minimum absolute atomic E-state index is 0.0812. The van der Waals surface area contributed by atoms with E-state index in [0.29, 0.717) is 0 Å². The molecule has 1 aromatic carbocycles. The first-order valence-electron chi connectivity index (χ1n) is 6.80. The summed E-state index contributed by atoms with van der Waals surface area (Å²) >= 11 is 0. The number of anilines is 1. The maximum absolute atomic E-state index is 12.0. The van der Waals surface area contributed by atoms with Gasteiger partial charge < -0.3 is 11.1 Å². The van der Waals surface area contributed by atoms with Crippen LogP contribution in [0.4, 0.5) is 5.69 Å². The zero-order chi connectivity index (χ0) is 13.1. The van der Waals surface area contributed by atoms with Gasteiger partial charge in [0.05, 0.1) is 6.04 Å². The minimum Gasteiger partial charge on any atom is -0.325 e. The van der Waals surface area contributed by atoms with E-state index in [1.807, 2.05) is 19.9 Å². The van der Waals surface area contributed by atoms with Gasteiger partial charge in [0.2, 0.25) is 5.91 Å². The van der Waals surface area contributed by atoms with Crippen LogP contribution in [0.2, 0.25) is 0 Å². The van der Waals surface area contributed by atoms with Gasteiger partial charge in [-0.25, -0.2) is 0 Å². The van der Waals surface area contributed by atoms with E-state index >= 15 is 0 Å². The van der Waals surface area contributed by atoms with Crippen LogP contribution < -0.4 is 11.1 Å². The van der Waals surface area contributed by atoms with Crippen LogP contribution in [0.5, 0.6) is 0 Å². The molecule has 1 amide bonds. The van der Waals surface area contributed by atoms with Crippen molar-refractivity contribution in [1.29, 1.82) is 0 Å². The number of aryl methyl sites for hydroxylation is 2. The second-order valence-corrected chi connectivity index (χ2v) is 5.24. The van der Waals surface area contributed by atoms with Gasteiger partial charge >= 0.3 is 0 Å². The van der Waals surface area contributed by atoms with Gasteiger partial charge in [0.15, 0.2) is 0 Å². The highest BCUT2D eigenvalue weighted by Crippen LogP contribution is 2.25. The average Bonchev–Trinajstić information content (AvgIpc) is 2.84. The summed E-state index contributed by atoms with van der Waals surface area (Å²) < 4.78 is 0. The molecule has 18 heavy (non-hydrogen) atoms. The van der Waals surface area contributed by atoms with Crippen LogP contribution in [0.25, 0.3) is 0 Å². The van der Waals surface area contributed by atoms with Crippen molar-refractivity contribution in [3.63, 3.8) is 0 Å². The fourth-order valence-electron chi connectivity index (χ4n) is 2.39. The number of rotatable bonds is 4. The lowest BCUT2D eigenvalue weighted by atomic mass is 9.99. The normalized spacial score (nSPS) is 17.1. The third kappa shape index (κ3) is 2.72. The van der Waals surface area contributed by atoms with Crippen LogP contribution in [0.1, 0.15) is 37.8 Å². The van der Waals surface area contributed by atoms with Crippen molar-refractivity contribution in [2.24, 2.45) is 11.7 Å². The second-order valence-electron chi connectivity index (χ2n) is 5.24. The summed E-state index contributed by atoms with van der Waals surface area (Å²) in [4.78, 5) is 12.0. The third-order valence-corrected chi connectivity index (χ3v) is 3.93. The van der Waals surface area contributed by atoms with Crippen LogP contribution in [0, 0.1) is 5.92 Å². The Balaban J connectivity index is 2.03. The van der Waals surface area contributed by atoms with Crippen LogP contribution >= 0.6 is 0 Å². The minimum atomic E-state index is -0.428. The molecule has 0 saturated heterocycles. The van der Waals surface area contributed by atoms with Crippen molar-refractivity contribution in [2.75, 3.05) is 5.32 Å². The van der Waals surface area contributed by atoms with E-state index in [-0.39, 0.29) is 11.8 Å². The zero-order valence-corrected chi connectivity index (χ0v) is 11.2. The first-order chi connectivity index (χ1) is 8.61.